The molecule has 0 saturated carbocycles. The lowest BCUT2D eigenvalue weighted by Gasteiger charge is -2.21. The monoisotopic (exact) mass is 482 g/mol. The van der Waals surface area contributed by atoms with E-state index in [0.29, 0.717) is 22.2 Å². The standard InChI is InChI=1S/C21H23ClN2O5S2/c1-27-12-11-24(31(25,26)20-9-7-18(28-2)8-10-20)13-17-15-30-21(23-17)14-29-19-5-3-16(22)4-6-19/h3-10,15H,11-14H2,1-2H3. The Bertz CT molecular complexity index is 1070. The number of thiazole rings is 1. The smallest absolute Gasteiger partial charge is 0.243 e. The van der Waals surface area contributed by atoms with Gasteiger partial charge in [0.15, 0.2) is 0 Å². The van der Waals surface area contributed by atoms with E-state index in [1.165, 1.54) is 42.0 Å². The molecule has 1 aromatic heterocycles. The average Bonchev–Trinajstić information content (AvgIpc) is 3.23. The summed E-state index contributed by atoms with van der Waals surface area (Å²) in [7, 11) is -0.660. The molecule has 0 atom stereocenters. The molecule has 0 aliphatic carbocycles. The van der Waals surface area contributed by atoms with Crippen molar-refractivity contribution in [3.05, 3.63) is 69.6 Å². The Balaban J connectivity index is 1.70. The first-order valence-corrected chi connectivity index (χ1v) is 12.1. The largest absolute Gasteiger partial charge is 0.497 e. The summed E-state index contributed by atoms with van der Waals surface area (Å²) in [6.07, 6.45) is 0. The van der Waals surface area contributed by atoms with E-state index >= 15 is 0 Å². The summed E-state index contributed by atoms with van der Waals surface area (Å²) in [5.41, 5.74) is 0.646. The molecule has 7 nitrogen and oxygen atoms in total. The first kappa shape index (κ1) is 23.5. The highest BCUT2D eigenvalue weighted by Gasteiger charge is 2.25. The van der Waals surface area contributed by atoms with Crippen molar-refractivity contribution in [2.24, 2.45) is 0 Å². The van der Waals surface area contributed by atoms with Gasteiger partial charge in [-0.25, -0.2) is 13.4 Å². The molecule has 0 bridgehead atoms. The fourth-order valence-electron chi connectivity index (χ4n) is 2.72. The number of aromatic nitrogens is 1. The molecule has 0 fully saturated rings. The van der Waals surface area contributed by atoms with E-state index in [2.05, 4.69) is 4.98 Å². The van der Waals surface area contributed by atoms with Crippen molar-refractivity contribution in [3.63, 3.8) is 0 Å². The lowest BCUT2D eigenvalue weighted by Crippen LogP contribution is -2.33. The minimum absolute atomic E-state index is 0.134. The van der Waals surface area contributed by atoms with Gasteiger partial charge in [0.1, 0.15) is 23.1 Å². The second-order valence-corrected chi connectivity index (χ2v) is 9.80. The van der Waals surface area contributed by atoms with Gasteiger partial charge in [-0.1, -0.05) is 11.6 Å². The maximum atomic E-state index is 13.2. The van der Waals surface area contributed by atoms with Crippen molar-refractivity contribution < 1.29 is 22.6 Å². The van der Waals surface area contributed by atoms with Crippen LogP contribution in [0.5, 0.6) is 11.5 Å². The van der Waals surface area contributed by atoms with Gasteiger partial charge in [-0.2, -0.15) is 4.31 Å². The van der Waals surface area contributed by atoms with Crippen LogP contribution in [0.2, 0.25) is 5.02 Å². The van der Waals surface area contributed by atoms with Gasteiger partial charge in [-0.3, -0.25) is 0 Å². The highest BCUT2D eigenvalue weighted by Crippen LogP contribution is 2.23. The van der Waals surface area contributed by atoms with Crippen LogP contribution in [0.1, 0.15) is 10.7 Å². The minimum Gasteiger partial charge on any atom is -0.497 e. The number of nitrogens with zero attached hydrogens (tertiary/aromatic N) is 2. The van der Waals surface area contributed by atoms with Crippen molar-refractivity contribution in [2.75, 3.05) is 27.4 Å². The summed E-state index contributed by atoms with van der Waals surface area (Å²) >= 11 is 7.30. The highest BCUT2D eigenvalue weighted by molar-refractivity contribution is 7.89. The Kier molecular flexibility index (Phi) is 8.28. The molecule has 0 amide bonds. The summed E-state index contributed by atoms with van der Waals surface area (Å²) < 4.78 is 43.6. The third-order valence-electron chi connectivity index (χ3n) is 4.36. The quantitative estimate of drug-likeness (QED) is 0.407. The van der Waals surface area contributed by atoms with Crippen LogP contribution in [-0.4, -0.2) is 45.1 Å². The summed E-state index contributed by atoms with van der Waals surface area (Å²) in [5, 5.41) is 3.22. The van der Waals surface area contributed by atoms with Gasteiger partial charge in [-0.05, 0) is 48.5 Å². The third kappa shape index (κ3) is 6.41. The number of methoxy groups -OCH3 is 2. The molecule has 1 heterocycles. The molecule has 10 heteroatoms. The molecular formula is C21H23ClN2O5S2. The molecule has 0 spiro atoms. The van der Waals surface area contributed by atoms with Crippen molar-refractivity contribution in [1.82, 2.24) is 9.29 Å². The molecule has 0 unspecified atom stereocenters. The van der Waals surface area contributed by atoms with Gasteiger partial charge in [0, 0.05) is 24.1 Å². The van der Waals surface area contributed by atoms with Crippen molar-refractivity contribution in [2.45, 2.75) is 18.0 Å². The van der Waals surface area contributed by atoms with Crippen LogP contribution >= 0.6 is 22.9 Å². The topological polar surface area (TPSA) is 78.0 Å². The van der Waals surface area contributed by atoms with E-state index in [9.17, 15) is 8.42 Å². The van der Waals surface area contributed by atoms with Crippen LogP contribution < -0.4 is 9.47 Å². The molecule has 0 saturated heterocycles. The molecule has 0 aliphatic heterocycles. The van der Waals surface area contributed by atoms with Crippen LogP contribution in [0.3, 0.4) is 0 Å². The lowest BCUT2D eigenvalue weighted by atomic mass is 10.3. The SMILES string of the molecule is COCCN(Cc1csc(COc2ccc(Cl)cc2)n1)S(=O)(=O)c1ccc(OC)cc1. The Morgan fingerprint density at radius 1 is 1.03 bits per heavy atom. The van der Waals surface area contributed by atoms with Crippen molar-refractivity contribution >= 4 is 33.0 Å². The first-order chi connectivity index (χ1) is 14.9. The number of benzene rings is 2. The Morgan fingerprint density at radius 3 is 2.35 bits per heavy atom. The Hall–Kier alpha value is -2.17. The second-order valence-electron chi connectivity index (χ2n) is 6.48. The predicted molar refractivity (Wildman–Crippen MR) is 120 cm³/mol. The average molecular weight is 483 g/mol. The highest BCUT2D eigenvalue weighted by atomic mass is 35.5. The fourth-order valence-corrected chi connectivity index (χ4v) is 4.94. The summed E-state index contributed by atoms with van der Waals surface area (Å²) in [5.74, 6) is 1.28. The zero-order chi connectivity index (χ0) is 22.3. The molecule has 31 heavy (non-hydrogen) atoms. The number of hydrogen-bond donors (Lipinski definition) is 0. The molecule has 166 valence electrons. The summed E-state index contributed by atoms with van der Waals surface area (Å²) in [4.78, 5) is 4.71. The van der Waals surface area contributed by atoms with Gasteiger partial charge in [0.2, 0.25) is 10.0 Å². The number of ether oxygens (including phenoxy) is 3. The molecule has 0 aliphatic rings. The van der Waals surface area contributed by atoms with Gasteiger partial charge < -0.3 is 14.2 Å². The van der Waals surface area contributed by atoms with Crippen molar-refractivity contribution in [3.8, 4) is 11.5 Å². The number of sulfonamides is 1. The second kappa shape index (κ2) is 10.9. The maximum Gasteiger partial charge on any atom is 0.243 e. The fraction of sp³-hybridized carbons (Fsp3) is 0.286. The number of rotatable bonds is 11. The van der Waals surface area contributed by atoms with Crippen LogP contribution in [-0.2, 0) is 27.9 Å². The van der Waals surface area contributed by atoms with E-state index in [4.69, 9.17) is 25.8 Å². The Labute approximate surface area is 191 Å². The van der Waals surface area contributed by atoms with Gasteiger partial charge in [-0.15, -0.1) is 11.3 Å². The Morgan fingerprint density at radius 2 is 1.71 bits per heavy atom. The first-order valence-electron chi connectivity index (χ1n) is 9.37. The van der Waals surface area contributed by atoms with E-state index < -0.39 is 10.0 Å². The third-order valence-corrected chi connectivity index (χ3v) is 7.34. The summed E-state index contributed by atoms with van der Waals surface area (Å²) in [6.45, 7) is 0.899. The minimum atomic E-state index is -3.73. The molecule has 3 rings (SSSR count). The van der Waals surface area contributed by atoms with Gasteiger partial charge in [0.05, 0.1) is 30.9 Å². The molecule has 2 aromatic carbocycles. The van der Waals surface area contributed by atoms with E-state index in [1.807, 2.05) is 5.38 Å². The molecule has 0 N–H and O–H groups in total. The molecule has 3 aromatic rings. The van der Waals surface area contributed by atoms with E-state index in [-0.39, 0.29) is 31.2 Å². The number of hydrogen-bond acceptors (Lipinski definition) is 7. The summed E-state index contributed by atoms with van der Waals surface area (Å²) in [6, 6.07) is 13.4. The van der Waals surface area contributed by atoms with Crippen LogP contribution in [0.4, 0.5) is 0 Å². The van der Waals surface area contributed by atoms with Gasteiger partial charge in [0.25, 0.3) is 0 Å². The molecule has 0 radical (unpaired) electrons. The zero-order valence-corrected chi connectivity index (χ0v) is 19.5. The van der Waals surface area contributed by atoms with Crippen molar-refractivity contribution in [1.29, 1.82) is 0 Å². The van der Waals surface area contributed by atoms with Crippen LogP contribution in [0, 0.1) is 0 Å². The number of halogens is 1. The predicted octanol–water partition coefficient (Wildman–Crippen LogP) is 4.22. The van der Waals surface area contributed by atoms with Crippen LogP contribution in [0.25, 0.3) is 0 Å². The van der Waals surface area contributed by atoms with E-state index in [0.717, 1.165) is 5.01 Å². The van der Waals surface area contributed by atoms with Crippen LogP contribution in [0.15, 0.2) is 58.8 Å². The van der Waals surface area contributed by atoms with Gasteiger partial charge >= 0.3 is 0 Å². The normalized spacial score (nSPS) is 11.6. The van der Waals surface area contributed by atoms with E-state index in [1.54, 1.807) is 36.4 Å². The maximum absolute atomic E-state index is 13.2. The lowest BCUT2D eigenvalue weighted by molar-refractivity contribution is 0.177. The molecular weight excluding hydrogens is 460 g/mol. The zero-order valence-electron chi connectivity index (χ0n) is 17.2.